The summed E-state index contributed by atoms with van der Waals surface area (Å²) in [6, 6.07) is 5.43. The van der Waals surface area contributed by atoms with Gasteiger partial charge in [-0.3, -0.25) is 0 Å². The molecular formula is C13H19BrN2O2S. The monoisotopic (exact) mass is 346 g/mol. The van der Waals surface area contributed by atoms with Crippen molar-refractivity contribution in [3.8, 4) is 0 Å². The summed E-state index contributed by atoms with van der Waals surface area (Å²) in [5, 5.41) is 3.16. The lowest BCUT2D eigenvalue weighted by atomic mass is 10.1. The number of nitrogens with zero attached hydrogens (tertiary/aromatic N) is 1. The Bertz CT molecular complexity index is 560. The van der Waals surface area contributed by atoms with Crippen molar-refractivity contribution in [2.75, 3.05) is 20.1 Å². The maximum atomic E-state index is 12.6. The van der Waals surface area contributed by atoms with Crippen LogP contribution in [0.4, 0.5) is 0 Å². The van der Waals surface area contributed by atoms with Gasteiger partial charge in [-0.2, -0.15) is 4.31 Å². The Morgan fingerprint density at radius 2 is 2.16 bits per heavy atom. The van der Waals surface area contributed by atoms with Gasteiger partial charge in [0.2, 0.25) is 10.0 Å². The Morgan fingerprint density at radius 1 is 1.42 bits per heavy atom. The molecule has 0 saturated carbocycles. The van der Waals surface area contributed by atoms with E-state index in [1.54, 1.807) is 22.5 Å². The maximum absolute atomic E-state index is 12.6. The van der Waals surface area contributed by atoms with E-state index < -0.39 is 10.0 Å². The van der Waals surface area contributed by atoms with Crippen molar-refractivity contribution in [1.82, 2.24) is 9.62 Å². The van der Waals surface area contributed by atoms with Crippen LogP contribution in [0.25, 0.3) is 0 Å². The fourth-order valence-electron chi connectivity index (χ4n) is 2.32. The van der Waals surface area contributed by atoms with Crippen LogP contribution in [0.2, 0.25) is 0 Å². The van der Waals surface area contributed by atoms with Crippen molar-refractivity contribution in [1.29, 1.82) is 0 Å². The fourth-order valence-corrected chi connectivity index (χ4v) is 4.18. The third-order valence-electron chi connectivity index (χ3n) is 3.56. The average molecular weight is 347 g/mol. The van der Waals surface area contributed by atoms with Crippen LogP contribution in [0.1, 0.15) is 18.4 Å². The summed E-state index contributed by atoms with van der Waals surface area (Å²) in [5.41, 5.74) is 0.934. The number of hydrogen-bond acceptors (Lipinski definition) is 3. The van der Waals surface area contributed by atoms with Crippen LogP contribution >= 0.6 is 15.9 Å². The molecule has 0 amide bonds. The third kappa shape index (κ3) is 3.18. The number of halogens is 1. The summed E-state index contributed by atoms with van der Waals surface area (Å²) in [5.74, 6) is 0. The molecule has 1 N–H and O–H groups in total. The first kappa shape index (κ1) is 15.0. The van der Waals surface area contributed by atoms with Gasteiger partial charge >= 0.3 is 0 Å². The molecule has 0 spiro atoms. The minimum atomic E-state index is -3.37. The summed E-state index contributed by atoms with van der Waals surface area (Å²) in [6.45, 7) is 3.05. The van der Waals surface area contributed by atoms with Gasteiger partial charge in [-0.05, 0) is 50.6 Å². The van der Waals surface area contributed by atoms with E-state index in [4.69, 9.17) is 0 Å². The second kappa shape index (κ2) is 5.91. The molecule has 1 heterocycles. The van der Waals surface area contributed by atoms with Crippen molar-refractivity contribution >= 4 is 26.0 Å². The second-order valence-corrected chi connectivity index (χ2v) is 7.69. The van der Waals surface area contributed by atoms with Gasteiger partial charge in [-0.1, -0.05) is 15.9 Å². The SMILES string of the molecule is CNC1CCCN(S(=O)(=O)c2ccc(Br)c(C)c2)C1. The molecule has 1 fully saturated rings. The smallest absolute Gasteiger partial charge is 0.243 e. The van der Waals surface area contributed by atoms with Gasteiger partial charge in [0.05, 0.1) is 4.90 Å². The first-order chi connectivity index (χ1) is 8.95. The van der Waals surface area contributed by atoms with Gasteiger partial charge in [0.15, 0.2) is 0 Å². The quantitative estimate of drug-likeness (QED) is 0.911. The molecule has 1 aliphatic heterocycles. The number of likely N-dealkylation sites (N-methyl/N-ethyl adjacent to an activating group) is 1. The first-order valence-electron chi connectivity index (χ1n) is 6.38. The van der Waals surface area contributed by atoms with Crippen molar-refractivity contribution in [3.05, 3.63) is 28.2 Å². The highest BCUT2D eigenvalue weighted by molar-refractivity contribution is 9.10. The highest BCUT2D eigenvalue weighted by atomic mass is 79.9. The van der Waals surface area contributed by atoms with Gasteiger partial charge in [0, 0.05) is 23.6 Å². The van der Waals surface area contributed by atoms with Crippen molar-refractivity contribution in [2.45, 2.75) is 30.7 Å². The molecule has 4 nitrogen and oxygen atoms in total. The van der Waals surface area contributed by atoms with Crippen molar-refractivity contribution < 1.29 is 8.42 Å². The predicted octanol–water partition coefficient (Wildman–Crippen LogP) is 2.13. The molecule has 19 heavy (non-hydrogen) atoms. The molecule has 1 aromatic rings. The molecule has 0 aromatic heterocycles. The summed E-state index contributed by atoms with van der Waals surface area (Å²) in [7, 11) is -1.49. The van der Waals surface area contributed by atoms with E-state index in [2.05, 4.69) is 21.2 Å². The van der Waals surface area contributed by atoms with E-state index in [0.29, 0.717) is 18.0 Å². The van der Waals surface area contributed by atoms with E-state index in [0.717, 1.165) is 22.9 Å². The molecule has 0 radical (unpaired) electrons. The molecule has 2 rings (SSSR count). The van der Waals surface area contributed by atoms with Crippen LogP contribution in [-0.4, -0.2) is 38.9 Å². The molecule has 1 saturated heterocycles. The largest absolute Gasteiger partial charge is 0.316 e. The standard InChI is InChI=1S/C13H19BrN2O2S/c1-10-8-12(5-6-13(10)14)19(17,18)16-7-3-4-11(9-16)15-2/h5-6,8,11,15H,3-4,7,9H2,1-2H3. The minimum Gasteiger partial charge on any atom is -0.316 e. The van der Waals surface area contributed by atoms with Gasteiger partial charge < -0.3 is 5.32 Å². The van der Waals surface area contributed by atoms with Crippen molar-refractivity contribution in [3.63, 3.8) is 0 Å². The van der Waals surface area contributed by atoms with Crippen LogP contribution in [0.3, 0.4) is 0 Å². The average Bonchev–Trinajstić information content (AvgIpc) is 2.41. The molecule has 106 valence electrons. The molecular weight excluding hydrogens is 328 g/mol. The summed E-state index contributed by atoms with van der Waals surface area (Å²) in [6.07, 6.45) is 1.93. The lowest BCUT2D eigenvalue weighted by molar-refractivity contribution is 0.293. The number of aryl methyl sites for hydroxylation is 1. The van der Waals surface area contributed by atoms with Crippen molar-refractivity contribution in [2.24, 2.45) is 0 Å². The van der Waals surface area contributed by atoms with E-state index in [1.165, 1.54) is 0 Å². The Kier molecular flexibility index (Phi) is 4.66. The molecule has 0 bridgehead atoms. The fraction of sp³-hybridized carbons (Fsp3) is 0.538. The van der Waals surface area contributed by atoms with Gasteiger partial charge in [0.1, 0.15) is 0 Å². The summed E-state index contributed by atoms with van der Waals surface area (Å²) >= 11 is 3.39. The van der Waals surface area contributed by atoms with Gasteiger partial charge in [-0.25, -0.2) is 8.42 Å². The van der Waals surface area contributed by atoms with E-state index in [9.17, 15) is 8.42 Å². The second-order valence-electron chi connectivity index (χ2n) is 4.90. The lowest BCUT2D eigenvalue weighted by Gasteiger charge is -2.31. The highest BCUT2D eigenvalue weighted by Gasteiger charge is 2.29. The normalized spacial score (nSPS) is 21.5. The minimum absolute atomic E-state index is 0.250. The van der Waals surface area contributed by atoms with E-state index in [1.807, 2.05) is 14.0 Å². The molecule has 1 atom stereocenters. The zero-order chi connectivity index (χ0) is 14.0. The van der Waals surface area contributed by atoms with Gasteiger partial charge in [0.25, 0.3) is 0 Å². The number of benzene rings is 1. The summed E-state index contributed by atoms with van der Waals surface area (Å²) < 4.78 is 27.7. The first-order valence-corrected chi connectivity index (χ1v) is 8.62. The molecule has 1 unspecified atom stereocenters. The highest BCUT2D eigenvalue weighted by Crippen LogP contribution is 2.24. The number of piperidine rings is 1. The Morgan fingerprint density at radius 3 is 2.79 bits per heavy atom. The zero-order valence-corrected chi connectivity index (χ0v) is 13.6. The van der Waals surface area contributed by atoms with Crippen LogP contribution in [0.15, 0.2) is 27.6 Å². The molecule has 1 aliphatic rings. The Labute approximate surface area is 123 Å². The maximum Gasteiger partial charge on any atom is 0.243 e. The number of rotatable bonds is 3. The predicted molar refractivity (Wildman–Crippen MR) is 79.7 cm³/mol. The van der Waals surface area contributed by atoms with E-state index in [-0.39, 0.29) is 6.04 Å². The number of hydrogen-bond donors (Lipinski definition) is 1. The Hall–Kier alpha value is -0.430. The Balaban J connectivity index is 2.28. The number of sulfonamides is 1. The number of nitrogens with one attached hydrogen (secondary N) is 1. The van der Waals surface area contributed by atoms with E-state index >= 15 is 0 Å². The molecule has 1 aromatic carbocycles. The molecule has 6 heteroatoms. The van der Waals surface area contributed by atoms with Crippen LogP contribution in [0, 0.1) is 6.92 Å². The zero-order valence-electron chi connectivity index (χ0n) is 11.2. The lowest BCUT2D eigenvalue weighted by Crippen LogP contribution is -2.46. The molecule has 0 aliphatic carbocycles. The third-order valence-corrected chi connectivity index (χ3v) is 6.31. The van der Waals surface area contributed by atoms with Gasteiger partial charge in [-0.15, -0.1) is 0 Å². The van der Waals surface area contributed by atoms with Crippen LogP contribution in [-0.2, 0) is 10.0 Å². The summed E-state index contributed by atoms with van der Waals surface area (Å²) in [4.78, 5) is 0.380. The van der Waals surface area contributed by atoms with Crippen LogP contribution in [0.5, 0.6) is 0 Å². The van der Waals surface area contributed by atoms with Crippen LogP contribution < -0.4 is 5.32 Å². The topological polar surface area (TPSA) is 49.4 Å².